The van der Waals surface area contributed by atoms with E-state index in [0.29, 0.717) is 29.7 Å². The van der Waals surface area contributed by atoms with Gasteiger partial charge in [-0.1, -0.05) is 26.0 Å². The van der Waals surface area contributed by atoms with Gasteiger partial charge in [-0.2, -0.15) is 0 Å². The quantitative estimate of drug-likeness (QED) is 0.647. The molecule has 0 saturated carbocycles. The molecular weight excluding hydrogens is 394 g/mol. The third kappa shape index (κ3) is 6.00. The van der Waals surface area contributed by atoms with Crippen molar-refractivity contribution in [2.75, 3.05) is 26.2 Å². The minimum Gasteiger partial charge on any atom is -0.491 e. The van der Waals surface area contributed by atoms with Crippen molar-refractivity contribution in [3.05, 3.63) is 41.1 Å². The Bertz CT molecular complexity index is 809. The first-order valence-electron chi connectivity index (χ1n) is 11.2. The lowest BCUT2D eigenvalue weighted by Gasteiger charge is -2.37. The number of esters is 1. The largest absolute Gasteiger partial charge is 0.491 e. The minimum atomic E-state index is -0.574. The fourth-order valence-electron chi connectivity index (χ4n) is 4.60. The summed E-state index contributed by atoms with van der Waals surface area (Å²) in [6.45, 7) is 12.9. The number of hydrogen-bond donors (Lipinski definition) is 2. The van der Waals surface area contributed by atoms with Crippen molar-refractivity contribution in [1.82, 2.24) is 15.5 Å². The second kappa shape index (κ2) is 10.2. The molecule has 0 unspecified atom stereocenters. The smallest absolute Gasteiger partial charge is 0.338 e. The fourth-order valence-corrected chi connectivity index (χ4v) is 4.60. The van der Waals surface area contributed by atoms with Crippen molar-refractivity contribution in [1.29, 1.82) is 0 Å². The molecule has 2 aliphatic rings. The van der Waals surface area contributed by atoms with E-state index in [2.05, 4.69) is 29.4 Å². The highest BCUT2D eigenvalue weighted by atomic mass is 16.5. The van der Waals surface area contributed by atoms with Gasteiger partial charge in [-0.3, -0.25) is 4.90 Å². The molecule has 170 valence electrons. The molecule has 7 heteroatoms. The topological polar surface area (TPSA) is 79.9 Å². The van der Waals surface area contributed by atoms with Gasteiger partial charge >= 0.3 is 12.0 Å². The highest BCUT2D eigenvalue weighted by Gasteiger charge is 2.35. The summed E-state index contributed by atoms with van der Waals surface area (Å²) < 4.78 is 11.1. The van der Waals surface area contributed by atoms with E-state index >= 15 is 0 Å². The van der Waals surface area contributed by atoms with E-state index < -0.39 is 12.0 Å². The van der Waals surface area contributed by atoms with E-state index in [4.69, 9.17) is 9.47 Å². The summed E-state index contributed by atoms with van der Waals surface area (Å²) in [5, 5.41) is 5.78. The van der Waals surface area contributed by atoms with Crippen LogP contribution in [0.15, 0.2) is 35.5 Å². The van der Waals surface area contributed by atoms with E-state index in [0.717, 1.165) is 24.4 Å². The van der Waals surface area contributed by atoms with Crippen molar-refractivity contribution < 1.29 is 19.1 Å². The van der Waals surface area contributed by atoms with E-state index in [9.17, 15) is 9.59 Å². The van der Waals surface area contributed by atoms with Crippen LogP contribution in [0.25, 0.3) is 0 Å². The third-order valence-corrected chi connectivity index (χ3v) is 5.56. The summed E-state index contributed by atoms with van der Waals surface area (Å²) in [6, 6.07) is 6.61. The average Bonchev–Trinajstić information content (AvgIpc) is 2.67. The van der Waals surface area contributed by atoms with Crippen LogP contribution in [0.2, 0.25) is 0 Å². The summed E-state index contributed by atoms with van der Waals surface area (Å²) in [6.07, 6.45) is 1.27. The normalized spacial score (nSPS) is 24.6. The first kappa shape index (κ1) is 23.1. The van der Waals surface area contributed by atoms with Gasteiger partial charge in [0.05, 0.1) is 24.3 Å². The molecule has 2 N–H and O–H groups in total. The SMILES string of the molecule is CCOC(=O)C1=C(CN2C[C@H](C)C[C@@H](C)C2)NC(=O)N[C@@H]1c1ccc(OC(C)C)cc1. The Hall–Kier alpha value is -2.54. The van der Waals surface area contributed by atoms with Crippen molar-refractivity contribution >= 4 is 12.0 Å². The molecule has 0 radical (unpaired) electrons. The van der Waals surface area contributed by atoms with Gasteiger partial charge < -0.3 is 20.1 Å². The molecule has 0 aromatic heterocycles. The van der Waals surface area contributed by atoms with Crippen LogP contribution in [0, 0.1) is 11.8 Å². The van der Waals surface area contributed by atoms with Crippen molar-refractivity contribution in [3.63, 3.8) is 0 Å². The average molecular weight is 430 g/mol. The standard InChI is InChI=1S/C24H35N3O4/c1-6-30-23(28)21-20(14-27-12-16(4)11-17(5)13-27)25-24(29)26-22(21)18-7-9-19(10-8-18)31-15(2)3/h7-10,15-17,22H,6,11-14H2,1-5H3,(H2,25,26,29)/t16-,17-,22-/m1/s1. The molecule has 7 nitrogen and oxygen atoms in total. The van der Waals surface area contributed by atoms with Crippen LogP contribution in [-0.4, -0.2) is 49.2 Å². The molecule has 3 rings (SSSR count). The van der Waals surface area contributed by atoms with E-state index in [1.165, 1.54) is 6.42 Å². The Labute approximate surface area is 185 Å². The zero-order chi connectivity index (χ0) is 22.5. The lowest BCUT2D eigenvalue weighted by Crippen LogP contribution is -2.50. The van der Waals surface area contributed by atoms with E-state index in [1.54, 1.807) is 6.92 Å². The second-order valence-corrected chi connectivity index (χ2v) is 9.02. The first-order chi connectivity index (χ1) is 14.8. The predicted molar refractivity (Wildman–Crippen MR) is 120 cm³/mol. The van der Waals surface area contributed by atoms with Gasteiger partial charge in [-0.15, -0.1) is 0 Å². The Morgan fingerprint density at radius 3 is 2.39 bits per heavy atom. The number of rotatable bonds is 7. The maximum atomic E-state index is 13.0. The van der Waals surface area contributed by atoms with E-state index in [1.807, 2.05) is 38.1 Å². The van der Waals surface area contributed by atoms with Gasteiger partial charge in [0.25, 0.3) is 0 Å². The summed E-state index contributed by atoms with van der Waals surface area (Å²) in [7, 11) is 0. The second-order valence-electron chi connectivity index (χ2n) is 9.02. The summed E-state index contributed by atoms with van der Waals surface area (Å²) in [5.41, 5.74) is 1.90. The van der Waals surface area contributed by atoms with Crippen LogP contribution in [-0.2, 0) is 9.53 Å². The molecule has 0 spiro atoms. The summed E-state index contributed by atoms with van der Waals surface area (Å²) in [5.74, 6) is 1.50. The fraction of sp³-hybridized carbons (Fsp3) is 0.583. The lowest BCUT2D eigenvalue weighted by atomic mass is 9.91. The predicted octanol–water partition coefficient (Wildman–Crippen LogP) is 3.62. The highest BCUT2D eigenvalue weighted by molar-refractivity contribution is 5.95. The molecule has 2 aliphatic heterocycles. The zero-order valence-corrected chi connectivity index (χ0v) is 19.2. The van der Waals surface area contributed by atoms with Gasteiger partial charge in [-0.05, 0) is 56.7 Å². The lowest BCUT2D eigenvalue weighted by molar-refractivity contribution is -0.139. The van der Waals surface area contributed by atoms with Crippen LogP contribution in [0.3, 0.4) is 0 Å². The number of carbonyl (C=O) groups excluding carboxylic acids is 2. The highest BCUT2D eigenvalue weighted by Crippen LogP contribution is 2.30. The molecule has 0 aliphatic carbocycles. The summed E-state index contributed by atoms with van der Waals surface area (Å²) >= 11 is 0. The van der Waals surface area contributed by atoms with Crippen LogP contribution >= 0.6 is 0 Å². The number of likely N-dealkylation sites (tertiary alicyclic amines) is 1. The molecule has 1 aromatic carbocycles. The van der Waals surface area contributed by atoms with Gasteiger partial charge in [-0.25, -0.2) is 9.59 Å². The van der Waals surface area contributed by atoms with Crippen molar-refractivity contribution in [2.24, 2.45) is 11.8 Å². The molecule has 2 heterocycles. The number of nitrogens with one attached hydrogen (secondary N) is 2. The zero-order valence-electron chi connectivity index (χ0n) is 19.2. The van der Waals surface area contributed by atoms with Gasteiger partial charge in [0.15, 0.2) is 0 Å². The number of carbonyl (C=O) groups is 2. The molecular formula is C24H35N3O4. The van der Waals surface area contributed by atoms with Crippen molar-refractivity contribution in [3.8, 4) is 5.75 Å². The first-order valence-corrected chi connectivity index (χ1v) is 11.2. The van der Waals surface area contributed by atoms with Crippen LogP contribution < -0.4 is 15.4 Å². The monoisotopic (exact) mass is 429 g/mol. The molecule has 3 atom stereocenters. The van der Waals surface area contributed by atoms with Crippen molar-refractivity contribution in [2.45, 2.75) is 53.2 Å². The minimum absolute atomic E-state index is 0.0698. The Kier molecular flexibility index (Phi) is 7.59. The maximum absolute atomic E-state index is 13.0. The molecule has 31 heavy (non-hydrogen) atoms. The molecule has 1 saturated heterocycles. The van der Waals surface area contributed by atoms with Gasteiger partial charge in [0, 0.05) is 25.3 Å². The third-order valence-electron chi connectivity index (χ3n) is 5.56. The Morgan fingerprint density at radius 2 is 1.81 bits per heavy atom. The number of ether oxygens (including phenoxy) is 2. The number of hydrogen-bond acceptors (Lipinski definition) is 5. The maximum Gasteiger partial charge on any atom is 0.338 e. The molecule has 1 aromatic rings. The van der Waals surface area contributed by atoms with Gasteiger partial charge in [0.2, 0.25) is 0 Å². The number of urea groups is 1. The van der Waals surface area contributed by atoms with Crippen LogP contribution in [0.1, 0.15) is 52.6 Å². The Morgan fingerprint density at radius 1 is 1.16 bits per heavy atom. The molecule has 2 amide bonds. The van der Waals surface area contributed by atoms with E-state index in [-0.39, 0.29) is 18.7 Å². The summed E-state index contributed by atoms with van der Waals surface area (Å²) in [4.78, 5) is 27.8. The number of benzene rings is 1. The number of nitrogens with zero attached hydrogens (tertiary/aromatic N) is 1. The number of piperidine rings is 1. The van der Waals surface area contributed by atoms with Crippen LogP contribution in [0.4, 0.5) is 4.79 Å². The molecule has 1 fully saturated rings. The van der Waals surface area contributed by atoms with Crippen LogP contribution in [0.5, 0.6) is 5.75 Å². The van der Waals surface area contributed by atoms with Gasteiger partial charge in [0.1, 0.15) is 5.75 Å². The number of amides is 2. The molecule has 0 bridgehead atoms. The Balaban J connectivity index is 1.93.